The van der Waals surface area contributed by atoms with E-state index in [1.54, 1.807) is 0 Å². The van der Waals surface area contributed by atoms with E-state index in [2.05, 4.69) is 30.8 Å². The maximum Gasteiger partial charge on any atom is 0.211 e. The predicted octanol–water partition coefficient (Wildman–Crippen LogP) is 1.73. The van der Waals surface area contributed by atoms with Gasteiger partial charge in [0, 0.05) is 6.54 Å². The van der Waals surface area contributed by atoms with Gasteiger partial charge in [0.2, 0.25) is 10.0 Å². The molecule has 1 rings (SSSR count). The molecule has 0 aromatic heterocycles. The van der Waals surface area contributed by atoms with Crippen molar-refractivity contribution in [3.63, 3.8) is 0 Å². The third-order valence-corrected chi connectivity index (χ3v) is 5.63. The molecule has 0 aromatic rings. The van der Waals surface area contributed by atoms with Crippen molar-refractivity contribution in [2.24, 2.45) is 11.3 Å². The van der Waals surface area contributed by atoms with E-state index < -0.39 is 10.0 Å². The quantitative estimate of drug-likeness (QED) is 0.744. The largest absolute Gasteiger partial charge is 0.317 e. The molecule has 1 fully saturated rings. The van der Waals surface area contributed by atoms with E-state index in [1.165, 1.54) is 0 Å². The topological polar surface area (TPSA) is 58.2 Å². The summed E-state index contributed by atoms with van der Waals surface area (Å²) in [5.74, 6) is 0.553. The fourth-order valence-corrected chi connectivity index (χ4v) is 4.16. The van der Waals surface area contributed by atoms with Gasteiger partial charge >= 0.3 is 0 Å². The van der Waals surface area contributed by atoms with Crippen LogP contribution in [0.15, 0.2) is 0 Å². The lowest BCUT2D eigenvalue weighted by atomic mass is 9.81. The second-order valence-electron chi connectivity index (χ2n) is 5.85. The maximum atomic E-state index is 12.0. The molecule has 18 heavy (non-hydrogen) atoms. The van der Waals surface area contributed by atoms with E-state index in [1.807, 2.05) is 0 Å². The highest BCUT2D eigenvalue weighted by molar-refractivity contribution is 7.89. The van der Waals surface area contributed by atoms with Crippen LogP contribution in [0.5, 0.6) is 0 Å². The van der Waals surface area contributed by atoms with Gasteiger partial charge in [-0.15, -0.1) is 0 Å². The molecule has 1 heterocycles. The summed E-state index contributed by atoms with van der Waals surface area (Å²) in [5.41, 5.74) is 0.117. The van der Waals surface area contributed by atoms with E-state index in [0.29, 0.717) is 6.54 Å². The van der Waals surface area contributed by atoms with Crippen molar-refractivity contribution in [2.45, 2.75) is 46.5 Å². The molecule has 2 N–H and O–H groups in total. The summed E-state index contributed by atoms with van der Waals surface area (Å²) in [6, 6.07) is 0. The van der Waals surface area contributed by atoms with Crippen LogP contribution in [-0.2, 0) is 10.0 Å². The summed E-state index contributed by atoms with van der Waals surface area (Å²) in [5, 5.41) is 3.31. The van der Waals surface area contributed by atoms with Crippen LogP contribution in [0.4, 0.5) is 0 Å². The fourth-order valence-electron chi connectivity index (χ4n) is 2.38. The van der Waals surface area contributed by atoms with Crippen molar-refractivity contribution >= 4 is 10.0 Å². The average Bonchev–Trinajstić information content (AvgIpc) is 2.35. The molecule has 0 bridgehead atoms. The van der Waals surface area contributed by atoms with E-state index in [9.17, 15) is 8.42 Å². The minimum atomic E-state index is -3.11. The van der Waals surface area contributed by atoms with Gasteiger partial charge < -0.3 is 5.32 Å². The Bertz CT molecular complexity index is 331. The zero-order chi connectivity index (χ0) is 13.6. The molecule has 0 aromatic carbocycles. The van der Waals surface area contributed by atoms with Crippen molar-refractivity contribution in [3.05, 3.63) is 0 Å². The zero-order valence-corrected chi connectivity index (χ0v) is 12.8. The Labute approximate surface area is 112 Å². The van der Waals surface area contributed by atoms with Crippen LogP contribution in [0.3, 0.4) is 0 Å². The van der Waals surface area contributed by atoms with E-state index in [-0.39, 0.29) is 17.1 Å². The Morgan fingerprint density at radius 2 is 1.78 bits per heavy atom. The Morgan fingerprint density at radius 1 is 1.22 bits per heavy atom. The first-order valence-electron chi connectivity index (χ1n) is 7.09. The molecule has 0 amide bonds. The zero-order valence-electron chi connectivity index (χ0n) is 12.0. The van der Waals surface area contributed by atoms with Gasteiger partial charge in [-0.05, 0) is 37.3 Å². The van der Waals surface area contributed by atoms with Crippen LogP contribution >= 0.6 is 0 Å². The predicted molar refractivity (Wildman–Crippen MR) is 76.1 cm³/mol. The molecule has 1 saturated heterocycles. The molecule has 4 nitrogen and oxygen atoms in total. The van der Waals surface area contributed by atoms with Gasteiger partial charge in [-0.2, -0.15) is 0 Å². The first-order chi connectivity index (χ1) is 8.41. The molecule has 1 aliphatic rings. The smallest absolute Gasteiger partial charge is 0.211 e. The van der Waals surface area contributed by atoms with Gasteiger partial charge in [-0.3, -0.25) is 0 Å². The SMILES string of the molecule is CCC(CC)CS(=O)(=O)NCC1(C)CCNCC1. The van der Waals surface area contributed by atoms with Crippen molar-refractivity contribution in [1.29, 1.82) is 0 Å². The van der Waals surface area contributed by atoms with Crippen LogP contribution in [0, 0.1) is 11.3 Å². The second-order valence-corrected chi connectivity index (χ2v) is 7.70. The van der Waals surface area contributed by atoms with Gasteiger partial charge in [-0.25, -0.2) is 13.1 Å². The fraction of sp³-hybridized carbons (Fsp3) is 1.00. The molecule has 108 valence electrons. The summed E-state index contributed by atoms with van der Waals surface area (Å²) >= 11 is 0. The monoisotopic (exact) mass is 276 g/mol. The Hall–Kier alpha value is -0.130. The Morgan fingerprint density at radius 3 is 2.28 bits per heavy atom. The number of piperidine rings is 1. The number of hydrogen-bond acceptors (Lipinski definition) is 3. The summed E-state index contributed by atoms with van der Waals surface area (Å²) < 4.78 is 26.8. The first-order valence-corrected chi connectivity index (χ1v) is 8.74. The molecular formula is C13H28N2O2S. The van der Waals surface area contributed by atoms with Crippen LogP contribution in [0.25, 0.3) is 0 Å². The maximum absolute atomic E-state index is 12.0. The first kappa shape index (κ1) is 15.9. The van der Waals surface area contributed by atoms with Gasteiger partial charge in [-0.1, -0.05) is 33.6 Å². The lowest BCUT2D eigenvalue weighted by Crippen LogP contribution is -2.43. The van der Waals surface area contributed by atoms with Gasteiger partial charge in [0.25, 0.3) is 0 Å². The number of sulfonamides is 1. The van der Waals surface area contributed by atoms with Crippen molar-refractivity contribution < 1.29 is 8.42 Å². The number of hydrogen-bond donors (Lipinski definition) is 2. The van der Waals surface area contributed by atoms with E-state index >= 15 is 0 Å². The van der Waals surface area contributed by atoms with Crippen molar-refractivity contribution in [3.8, 4) is 0 Å². The molecule has 0 radical (unpaired) electrons. The molecule has 0 aliphatic carbocycles. The minimum absolute atomic E-state index is 0.117. The highest BCUT2D eigenvalue weighted by Gasteiger charge is 2.28. The van der Waals surface area contributed by atoms with Gasteiger partial charge in [0.15, 0.2) is 0 Å². The standard InChI is InChI=1S/C13H28N2O2S/c1-4-12(5-2)10-18(16,17)15-11-13(3)6-8-14-9-7-13/h12,14-15H,4-11H2,1-3H3. The van der Waals surface area contributed by atoms with E-state index in [0.717, 1.165) is 38.8 Å². The Kier molecular flexibility index (Phi) is 6.08. The lowest BCUT2D eigenvalue weighted by Gasteiger charge is -2.34. The molecule has 5 heteroatoms. The van der Waals surface area contributed by atoms with E-state index in [4.69, 9.17) is 0 Å². The number of rotatable bonds is 7. The number of nitrogens with one attached hydrogen (secondary N) is 2. The Balaban J connectivity index is 2.45. The van der Waals surface area contributed by atoms with Crippen LogP contribution in [0.1, 0.15) is 46.5 Å². The molecular weight excluding hydrogens is 248 g/mol. The van der Waals surface area contributed by atoms with Crippen molar-refractivity contribution in [1.82, 2.24) is 10.0 Å². The van der Waals surface area contributed by atoms with Crippen LogP contribution in [0.2, 0.25) is 0 Å². The van der Waals surface area contributed by atoms with Gasteiger partial charge in [0.05, 0.1) is 5.75 Å². The van der Waals surface area contributed by atoms with Crippen molar-refractivity contribution in [2.75, 3.05) is 25.4 Å². The van der Waals surface area contributed by atoms with Gasteiger partial charge in [0.1, 0.15) is 0 Å². The highest BCUT2D eigenvalue weighted by atomic mass is 32.2. The normalized spacial score (nSPS) is 20.2. The highest BCUT2D eigenvalue weighted by Crippen LogP contribution is 2.27. The summed E-state index contributed by atoms with van der Waals surface area (Å²) in [7, 11) is -3.11. The third kappa shape index (κ3) is 5.24. The van der Waals surface area contributed by atoms with Crippen LogP contribution in [-0.4, -0.2) is 33.8 Å². The lowest BCUT2D eigenvalue weighted by molar-refractivity contribution is 0.232. The average molecular weight is 276 g/mol. The molecule has 0 unspecified atom stereocenters. The minimum Gasteiger partial charge on any atom is -0.317 e. The molecule has 1 aliphatic heterocycles. The van der Waals surface area contributed by atoms with Crippen LogP contribution < -0.4 is 10.0 Å². The summed E-state index contributed by atoms with van der Waals surface area (Å²) in [4.78, 5) is 0. The summed E-state index contributed by atoms with van der Waals surface area (Å²) in [6.07, 6.45) is 3.94. The second kappa shape index (κ2) is 6.87. The third-order valence-electron chi connectivity index (χ3n) is 4.14. The molecule has 0 saturated carbocycles. The summed E-state index contributed by atoms with van der Waals surface area (Å²) in [6.45, 7) is 8.84. The molecule has 0 atom stereocenters. The molecule has 0 spiro atoms.